The molecular formula is C15H18ClNSi. The van der Waals surface area contributed by atoms with Gasteiger partial charge in [0, 0.05) is 17.5 Å². The first-order chi connectivity index (χ1) is 8.50. The van der Waals surface area contributed by atoms with Gasteiger partial charge in [0.2, 0.25) is 0 Å². The number of hydrogen-bond donors (Lipinski definition) is 1. The van der Waals surface area contributed by atoms with Crippen LogP contribution in [0.1, 0.15) is 0 Å². The second-order valence-electron chi connectivity index (χ2n) is 5.50. The summed E-state index contributed by atoms with van der Waals surface area (Å²) in [5, 5.41) is 1.49. The van der Waals surface area contributed by atoms with E-state index in [-0.39, 0.29) is 0 Å². The fourth-order valence-corrected chi connectivity index (χ4v) is 3.18. The fraction of sp³-hybridized carbons (Fsp3) is 0.200. The normalized spacial score (nSPS) is 11.3. The monoisotopic (exact) mass is 275 g/mol. The van der Waals surface area contributed by atoms with Crippen LogP contribution in [0.25, 0.3) is 11.1 Å². The van der Waals surface area contributed by atoms with Crippen molar-refractivity contribution in [3.63, 3.8) is 0 Å². The molecular weight excluding hydrogens is 258 g/mol. The average molecular weight is 276 g/mol. The van der Waals surface area contributed by atoms with Crippen LogP contribution >= 0.6 is 11.8 Å². The van der Waals surface area contributed by atoms with Crippen LogP contribution < -0.4 is 10.0 Å². The third-order valence-electron chi connectivity index (χ3n) is 3.08. The van der Waals surface area contributed by atoms with Crippen LogP contribution in [0, 0.1) is 0 Å². The van der Waals surface area contributed by atoms with E-state index in [4.69, 9.17) is 11.8 Å². The maximum absolute atomic E-state index is 5.55. The van der Waals surface area contributed by atoms with Gasteiger partial charge in [-0.2, -0.15) is 0 Å². The molecule has 0 atom stereocenters. The highest BCUT2D eigenvalue weighted by molar-refractivity contribution is 6.88. The van der Waals surface area contributed by atoms with Crippen molar-refractivity contribution in [2.75, 3.05) is 4.84 Å². The number of benzene rings is 2. The van der Waals surface area contributed by atoms with E-state index in [2.05, 4.69) is 60.9 Å². The van der Waals surface area contributed by atoms with Crippen LogP contribution in [0.3, 0.4) is 0 Å². The van der Waals surface area contributed by atoms with Crippen LogP contribution in [0.4, 0.5) is 5.69 Å². The first-order valence-corrected chi connectivity index (χ1v) is 9.96. The molecule has 0 aliphatic carbocycles. The van der Waals surface area contributed by atoms with Crippen LogP contribution in [-0.4, -0.2) is 8.07 Å². The maximum atomic E-state index is 5.55. The van der Waals surface area contributed by atoms with Crippen LogP contribution in [0.5, 0.6) is 0 Å². The Labute approximate surface area is 115 Å². The molecule has 1 N–H and O–H groups in total. The van der Waals surface area contributed by atoms with E-state index in [0.29, 0.717) is 0 Å². The van der Waals surface area contributed by atoms with Crippen molar-refractivity contribution >= 4 is 30.7 Å². The molecule has 2 aromatic rings. The highest BCUT2D eigenvalue weighted by Gasteiger charge is 2.15. The van der Waals surface area contributed by atoms with E-state index in [1.807, 2.05) is 12.1 Å². The van der Waals surface area contributed by atoms with Crippen molar-refractivity contribution in [3.05, 3.63) is 48.5 Å². The summed E-state index contributed by atoms with van der Waals surface area (Å²) in [5.74, 6) is 0. The molecule has 0 aliphatic heterocycles. The van der Waals surface area contributed by atoms with Gasteiger partial charge in [-0.25, -0.2) is 0 Å². The molecule has 2 aromatic carbocycles. The van der Waals surface area contributed by atoms with Crippen molar-refractivity contribution in [1.29, 1.82) is 0 Å². The van der Waals surface area contributed by atoms with Gasteiger partial charge in [-0.05, 0) is 23.3 Å². The van der Waals surface area contributed by atoms with Gasteiger partial charge in [0.05, 0.1) is 8.07 Å². The molecule has 0 spiro atoms. The highest BCUT2D eigenvalue weighted by atomic mass is 35.5. The molecule has 0 fully saturated rings. The lowest BCUT2D eigenvalue weighted by Gasteiger charge is -2.16. The van der Waals surface area contributed by atoms with Crippen molar-refractivity contribution in [1.82, 2.24) is 0 Å². The molecule has 3 heteroatoms. The van der Waals surface area contributed by atoms with E-state index < -0.39 is 8.07 Å². The first-order valence-electron chi connectivity index (χ1n) is 6.08. The lowest BCUT2D eigenvalue weighted by atomic mass is 10.1. The van der Waals surface area contributed by atoms with Gasteiger partial charge in [0.15, 0.2) is 0 Å². The Morgan fingerprint density at radius 3 is 1.61 bits per heavy atom. The lowest BCUT2D eigenvalue weighted by Crippen LogP contribution is -2.37. The molecule has 0 amide bonds. The topological polar surface area (TPSA) is 12.0 Å². The number of anilines is 1. The zero-order valence-electron chi connectivity index (χ0n) is 11.0. The minimum atomic E-state index is -1.20. The first kappa shape index (κ1) is 13.2. The number of rotatable bonds is 3. The van der Waals surface area contributed by atoms with Crippen LogP contribution in [-0.2, 0) is 0 Å². The molecule has 0 aromatic heterocycles. The van der Waals surface area contributed by atoms with Gasteiger partial charge in [0.1, 0.15) is 0 Å². The number of hydrogen-bond acceptors (Lipinski definition) is 1. The number of halogens is 1. The summed E-state index contributed by atoms with van der Waals surface area (Å²) >= 11 is 5.55. The summed E-state index contributed by atoms with van der Waals surface area (Å²) in [5.41, 5.74) is 3.38. The fourth-order valence-electron chi connectivity index (χ4n) is 1.89. The lowest BCUT2D eigenvalue weighted by molar-refractivity contribution is 1.61. The summed E-state index contributed by atoms with van der Waals surface area (Å²) in [7, 11) is -1.20. The molecule has 94 valence electrons. The molecule has 0 bridgehead atoms. The van der Waals surface area contributed by atoms with E-state index in [1.165, 1.54) is 16.3 Å². The molecule has 2 rings (SSSR count). The SMILES string of the molecule is C[Si](C)(C)c1ccc(-c2ccc(NCl)cc2)cc1. The molecule has 18 heavy (non-hydrogen) atoms. The number of nitrogens with one attached hydrogen (secondary N) is 1. The Morgan fingerprint density at radius 1 is 0.778 bits per heavy atom. The van der Waals surface area contributed by atoms with Crippen molar-refractivity contribution in [2.24, 2.45) is 0 Å². The van der Waals surface area contributed by atoms with E-state index >= 15 is 0 Å². The molecule has 0 heterocycles. The third kappa shape index (κ3) is 2.95. The van der Waals surface area contributed by atoms with Crippen LogP contribution in [0.15, 0.2) is 48.5 Å². The second-order valence-corrected chi connectivity index (χ2v) is 10.8. The van der Waals surface area contributed by atoms with E-state index in [0.717, 1.165) is 5.69 Å². The Bertz CT molecular complexity index is 512. The van der Waals surface area contributed by atoms with Gasteiger partial charge < -0.3 is 0 Å². The second kappa shape index (κ2) is 5.17. The molecule has 0 unspecified atom stereocenters. The molecule has 0 aliphatic rings. The zero-order chi connectivity index (χ0) is 13.2. The smallest absolute Gasteiger partial charge is 0.0775 e. The summed E-state index contributed by atoms with van der Waals surface area (Å²) in [4.78, 5) is 2.61. The zero-order valence-corrected chi connectivity index (χ0v) is 12.8. The molecule has 1 nitrogen and oxygen atoms in total. The largest absolute Gasteiger partial charge is 0.299 e. The predicted octanol–water partition coefficient (Wildman–Crippen LogP) is 4.46. The van der Waals surface area contributed by atoms with Crippen molar-refractivity contribution in [3.8, 4) is 11.1 Å². The van der Waals surface area contributed by atoms with Gasteiger partial charge in [-0.15, -0.1) is 0 Å². The standard InChI is InChI=1S/C15H18ClNSi/c1-18(2,3)15-10-6-13(7-11-15)12-4-8-14(17-16)9-5-12/h4-11,17H,1-3H3. The quantitative estimate of drug-likeness (QED) is 0.644. The van der Waals surface area contributed by atoms with Gasteiger partial charge >= 0.3 is 0 Å². The third-order valence-corrected chi connectivity index (χ3v) is 5.36. The summed E-state index contributed by atoms with van der Waals surface area (Å²) in [6.07, 6.45) is 0. The Kier molecular flexibility index (Phi) is 3.78. The average Bonchev–Trinajstić information content (AvgIpc) is 2.38. The Hall–Kier alpha value is -1.25. The minimum absolute atomic E-state index is 0.916. The summed E-state index contributed by atoms with van der Waals surface area (Å²) in [6.45, 7) is 7.09. The van der Waals surface area contributed by atoms with Gasteiger partial charge in [0.25, 0.3) is 0 Å². The van der Waals surface area contributed by atoms with Crippen molar-refractivity contribution < 1.29 is 0 Å². The van der Waals surface area contributed by atoms with Crippen molar-refractivity contribution in [2.45, 2.75) is 19.6 Å². The summed E-state index contributed by atoms with van der Waals surface area (Å²) in [6, 6.07) is 17.0. The molecule has 0 saturated carbocycles. The maximum Gasteiger partial charge on any atom is 0.0775 e. The molecule has 0 radical (unpaired) electrons. The van der Waals surface area contributed by atoms with Crippen LogP contribution in [0.2, 0.25) is 19.6 Å². The van der Waals surface area contributed by atoms with E-state index in [9.17, 15) is 0 Å². The Morgan fingerprint density at radius 2 is 1.22 bits per heavy atom. The predicted molar refractivity (Wildman–Crippen MR) is 84.3 cm³/mol. The summed E-state index contributed by atoms with van der Waals surface area (Å²) < 4.78 is 0. The minimum Gasteiger partial charge on any atom is -0.299 e. The van der Waals surface area contributed by atoms with Gasteiger partial charge in [-0.3, -0.25) is 4.84 Å². The van der Waals surface area contributed by atoms with Gasteiger partial charge in [-0.1, -0.05) is 61.2 Å². The Balaban J connectivity index is 2.28. The van der Waals surface area contributed by atoms with E-state index in [1.54, 1.807) is 0 Å². The molecule has 0 saturated heterocycles. The highest BCUT2D eigenvalue weighted by Crippen LogP contribution is 2.21.